The van der Waals surface area contributed by atoms with Crippen LogP contribution in [0.15, 0.2) is 6.33 Å². The number of aliphatic hydroxyl groups excluding tert-OH is 1. The van der Waals surface area contributed by atoms with E-state index in [2.05, 4.69) is 29.1 Å². The highest BCUT2D eigenvalue weighted by Gasteiger charge is 2.19. The Kier molecular flexibility index (Phi) is 4.75. The number of aromatic nitrogens is 2. The Morgan fingerprint density at radius 3 is 2.79 bits per heavy atom. The highest BCUT2D eigenvalue weighted by atomic mass is 16.3. The lowest BCUT2D eigenvalue weighted by Gasteiger charge is -2.25. The first-order chi connectivity index (χ1) is 9.12. The molecule has 1 aromatic heterocycles. The summed E-state index contributed by atoms with van der Waals surface area (Å²) in [4.78, 5) is 8.84. The number of aryl methyl sites for hydroxylation is 1. The van der Waals surface area contributed by atoms with Gasteiger partial charge in [0.1, 0.15) is 12.1 Å². The summed E-state index contributed by atoms with van der Waals surface area (Å²) in [7, 11) is 0. The second-order valence-electron chi connectivity index (χ2n) is 6.20. The molecule has 4 heteroatoms. The highest BCUT2D eigenvalue weighted by molar-refractivity contribution is 5.46. The standard InChI is InChI=1S/C15H25N3O/c1-15(2,8-9-19)10-16-14-12-6-4-3-5-7-13(12)17-11-18-14/h11,19H,3-10H2,1-2H3,(H,16,17,18). The summed E-state index contributed by atoms with van der Waals surface area (Å²) in [5, 5.41) is 12.5. The molecular weight excluding hydrogens is 238 g/mol. The van der Waals surface area contributed by atoms with Crippen molar-refractivity contribution in [1.29, 1.82) is 0 Å². The molecular formula is C15H25N3O. The summed E-state index contributed by atoms with van der Waals surface area (Å²) in [6.07, 6.45) is 8.38. The number of rotatable bonds is 5. The molecule has 1 aliphatic rings. The largest absolute Gasteiger partial charge is 0.396 e. The second kappa shape index (κ2) is 6.33. The summed E-state index contributed by atoms with van der Waals surface area (Å²) in [5.41, 5.74) is 2.60. The van der Waals surface area contributed by atoms with Gasteiger partial charge < -0.3 is 10.4 Å². The number of aliphatic hydroxyl groups is 1. The third kappa shape index (κ3) is 3.90. The molecule has 0 fully saturated rings. The predicted octanol–water partition coefficient (Wildman–Crippen LogP) is 2.57. The summed E-state index contributed by atoms with van der Waals surface area (Å²) in [6, 6.07) is 0. The van der Waals surface area contributed by atoms with Crippen LogP contribution < -0.4 is 5.32 Å². The van der Waals surface area contributed by atoms with E-state index >= 15 is 0 Å². The third-order valence-corrected chi connectivity index (χ3v) is 3.90. The first-order valence-electron chi connectivity index (χ1n) is 7.30. The quantitative estimate of drug-likeness (QED) is 0.802. The van der Waals surface area contributed by atoms with E-state index in [1.807, 2.05) is 0 Å². The molecule has 0 aromatic carbocycles. The van der Waals surface area contributed by atoms with Crippen LogP contribution in [0.4, 0.5) is 5.82 Å². The smallest absolute Gasteiger partial charge is 0.132 e. The Morgan fingerprint density at radius 1 is 1.21 bits per heavy atom. The van der Waals surface area contributed by atoms with E-state index in [0.717, 1.165) is 31.6 Å². The third-order valence-electron chi connectivity index (χ3n) is 3.90. The van der Waals surface area contributed by atoms with Crippen LogP contribution in [0.5, 0.6) is 0 Å². The van der Waals surface area contributed by atoms with Crippen molar-refractivity contribution in [2.45, 2.75) is 52.4 Å². The molecule has 0 saturated heterocycles. The van der Waals surface area contributed by atoms with Gasteiger partial charge in [-0.1, -0.05) is 20.3 Å². The maximum Gasteiger partial charge on any atom is 0.132 e. The van der Waals surface area contributed by atoms with Gasteiger partial charge in [-0.2, -0.15) is 0 Å². The SMILES string of the molecule is CC(C)(CCO)CNc1ncnc2c1CCCCC2. The van der Waals surface area contributed by atoms with Gasteiger partial charge >= 0.3 is 0 Å². The molecule has 0 unspecified atom stereocenters. The molecule has 0 radical (unpaired) electrons. The van der Waals surface area contributed by atoms with Gasteiger partial charge in [0.25, 0.3) is 0 Å². The normalized spacial score (nSPS) is 15.7. The van der Waals surface area contributed by atoms with E-state index in [0.29, 0.717) is 0 Å². The van der Waals surface area contributed by atoms with Crippen LogP contribution in [0.25, 0.3) is 0 Å². The molecule has 2 N–H and O–H groups in total. The van der Waals surface area contributed by atoms with Crippen molar-refractivity contribution in [3.63, 3.8) is 0 Å². The van der Waals surface area contributed by atoms with Crippen LogP contribution in [-0.2, 0) is 12.8 Å². The average Bonchev–Trinajstić information content (AvgIpc) is 2.61. The van der Waals surface area contributed by atoms with Gasteiger partial charge in [-0.15, -0.1) is 0 Å². The summed E-state index contributed by atoms with van der Waals surface area (Å²) >= 11 is 0. The number of hydrogen-bond acceptors (Lipinski definition) is 4. The van der Waals surface area contributed by atoms with Gasteiger partial charge in [0, 0.05) is 24.4 Å². The lowest BCUT2D eigenvalue weighted by molar-refractivity contribution is 0.220. The zero-order chi connectivity index (χ0) is 13.7. The number of nitrogens with one attached hydrogen (secondary N) is 1. The Balaban J connectivity index is 2.08. The fourth-order valence-electron chi connectivity index (χ4n) is 2.56. The van der Waals surface area contributed by atoms with E-state index in [1.54, 1.807) is 6.33 Å². The zero-order valence-electron chi connectivity index (χ0n) is 12.1. The average molecular weight is 263 g/mol. The number of fused-ring (bicyclic) bond motifs is 1. The van der Waals surface area contributed by atoms with E-state index in [-0.39, 0.29) is 12.0 Å². The Morgan fingerprint density at radius 2 is 2.00 bits per heavy atom. The van der Waals surface area contributed by atoms with Crippen LogP contribution in [0.1, 0.15) is 50.8 Å². The van der Waals surface area contributed by atoms with Crippen molar-refractivity contribution < 1.29 is 5.11 Å². The molecule has 19 heavy (non-hydrogen) atoms. The molecule has 4 nitrogen and oxygen atoms in total. The highest BCUT2D eigenvalue weighted by Crippen LogP contribution is 2.26. The molecule has 1 heterocycles. The molecule has 0 saturated carbocycles. The number of hydrogen-bond donors (Lipinski definition) is 2. The fraction of sp³-hybridized carbons (Fsp3) is 0.733. The van der Waals surface area contributed by atoms with Crippen molar-refractivity contribution in [1.82, 2.24) is 9.97 Å². The van der Waals surface area contributed by atoms with Crippen molar-refractivity contribution in [3.05, 3.63) is 17.6 Å². The lowest BCUT2D eigenvalue weighted by Crippen LogP contribution is -2.25. The van der Waals surface area contributed by atoms with Gasteiger partial charge in [-0.3, -0.25) is 0 Å². The van der Waals surface area contributed by atoms with Gasteiger partial charge in [0.15, 0.2) is 0 Å². The molecule has 0 atom stereocenters. The van der Waals surface area contributed by atoms with Crippen molar-refractivity contribution in [2.24, 2.45) is 5.41 Å². The lowest BCUT2D eigenvalue weighted by atomic mass is 9.89. The van der Waals surface area contributed by atoms with Gasteiger partial charge in [-0.05, 0) is 37.5 Å². The van der Waals surface area contributed by atoms with E-state index in [4.69, 9.17) is 5.11 Å². The summed E-state index contributed by atoms with van der Waals surface area (Å²) in [5.74, 6) is 0.998. The number of anilines is 1. The maximum absolute atomic E-state index is 9.07. The van der Waals surface area contributed by atoms with E-state index < -0.39 is 0 Å². The minimum atomic E-state index is 0.0807. The molecule has 0 bridgehead atoms. The Hall–Kier alpha value is -1.16. The maximum atomic E-state index is 9.07. The van der Waals surface area contributed by atoms with Crippen LogP contribution in [-0.4, -0.2) is 28.2 Å². The second-order valence-corrected chi connectivity index (χ2v) is 6.20. The fourth-order valence-corrected chi connectivity index (χ4v) is 2.56. The van der Waals surface area contributed by atoms with Crippen molar-refractivity contribution in [2.75, 3.05) is 18.5 Å². The first kappa shape index (κ1) is 14.3. The van der Waals surface area contributed by atoms with Crippen molar-refractivity contribution in [3.8, 4) is 0 Å². The molecule has 0 aliphatic heterocycles. The van der Waals surface area contributed by atoms with Gasteiger partial charge in [0.05, 0.1) is 0 Å². The minimum Gasteiger partial charge on any atom is -0.396 e. The minimum absolute atomic E-state index is 0.0807. The van der Waals surface area contributed by atoms with Crippen LogP contribution in [0.2, 0.25) is 0 Å². The molecule has 1 aliphatic carbocycles. The summed E-state index contributed by atoms with van der Waals surface area (Å²) < 4.78 is 0. The monoisotopic (exact) mass is 263 g/mol. The number of nitrogens with zero attached hydrogens (tertiary/aromatic N) is 2. The predicted molar refractivity (Wildman–Crippen MR) is 77.3 cm³/mol. The van der Waals surface area contributed by atoms with E-state index in [1.165, 1.54) is 30.5 Å². The summed E-state index contributed by atoms with van der Waals surface area (Å²) in [6.45, 7) is 5.39. The van der Waals surface area contributed by atoms with Crippen molar-refractivity contribution >= 4 is 5.82 Å². The molecule has 2 rings (SSSR count). The zero-order valence-corrected chi connectivity index (χ0v) is 12.1. The molecule has 1 aromatic rings. The van der Waals surface area contributed by atoms with Crippen LogP contribution in [0, 0.1) is 5.41 Å². The van der Waals surface area contributed by atoms with E-state index in [9.17, 15) is 0 Å². The van der Waals surface area contributed by atoms with Crippen LogP contribution >= 0.6 is 0 Å². The van der Waals surface area contributed by atoms with Crippen LogP contribution in [0.3, 0.4) is 0 Å². The molecule has 0 spiro atoms. The molecule has 0 amide bonds. The van der Waals surface area contributed by atoms with Gasteiger partial charge in [-0.25, -0.2) is 9.97 Å². The molecule has 106 valence electrons. The Labute approximate surface area is 115 Å². The topological polar surface area (TPSA) is 58.0 Å². The Bertz CT molecular complexity index is 418. The van der Waals surface area contributed by atoms with Gasteiger partial charge in [0.2, 0.25) is 0 Å². The first-order valence-corrected chi connectivity index (χ1v) is 7.30.